The van der Waals surface area contributed by atoms with Crippen LogP contribution < -0.4 is 15.3 Å². The van der Waals surface area contributed by atoms with Crippen LogP contribution in [-0.2, 0) is 29.0 Å². The number of nitrogens with one attached hydrogen (secondary N) is 1. The number of aliphatic hydroxyl groups is 2. The topological polar surface area (TPSA) is 192 Å². The number of aromatic nitrogens is 3. The number of ether oxygens (including phenoxy) is 2. The fraction of sp³-hybridized carbons (Fsp3) is 0.462. The van der Waals surface area contributed by atoms with Crippen molar-refractivity contribution in [2.45, 2.75) is 63.3 Å². The van der Waals surface area contributed by atoms with Gasteiger partial charge in [-0.05, 0) is 58.7 Å². The Kier molecular flexibility index (Phi) is 8.83. The van der Waals surface area contributed by atoms with Gasteiger partial charge in [0.2, 0.25) is 0 Å². The van der Waals surface area contributed by atoms with Gasteiger partial charge < -0.3 is 29.9 Å². The molecule has 2 unspecified atom stereocenters. The van der Waals surface area contributed by atoms with Crippen molar-refractivity contribution in [3.8, 4) is 5.75 Å². The molecular formula is C26H35N6O8P. The van der Waals surface area contributed by atoms with Gasteiger partial charge in [0.15, 0.2) is 11.4 Å². The number of benzene rings is 1. The number of carbonyl (C=O) groups is 1. The van der Waals surface area contributed by atoms with Crippen molar-refractivity contribution in [3.05, 3.63) is 54.5 Å². The summed E-state index contributed by atoms with van der Waals surface area (Å²) in [6.45, 7) is 9.18. The Bertz CT molecular complexity index is 1430. The van der Waals surface area contributed by atoms with Crippen molar-refractivity contribution in [2.75, 3.05) is 18.9 Å². The number of fused-ring (bicyclic) bond motifs is 1. The molecule has 41 heavy (non-hydrogen) atoms. The molecular weight excluding hydrogens is 555 g/mol. The van der Waals surface area contributed by atoms with Crippen LogP contribution >= 0.6 is 7.75 Å². The lowest BCUT2D eigenvalue weighted by Gasteiger charge is -2.31. The van der Waals surface area contributed by atoms with Crippen molar-refractivity contribution >= 4 is 31.8 Å². The summed E-state index contributed by atoms with van der Waals surface area (Å²) in [4.78, 5) is 20.6. The van der Waals surface area contributed by atoms with Crippen LogP contribution in [0.3, 0.4) is 0 Å². The lowest BCUT2D eigenvalue weighted by Crippen LogP contribution is -2.48. The summed E-state index contributed by atoms with van der Waals surface area (Å²) in [5.41, 5.74) is 3.65. The van der Waals surface area contributed by atoms with E-state index in [0.717, 1.165) is 0 Å². The molecule has 1 aliphatic heterocycles. The normalized spacial score (nSPS) is 24.3. The number of hydrogen-bond donors (Lipinski definition) is 4. The summed E-state index contributed by atoms with van der Waals surface area (Å²) >= 11 is 0. The molecule has 3 heterocycles. The molecule has 5 N–H and O–H groups in total. The van der Waals surface area contributed by atoms with E-state index in [1.165, 1.54) is 24.7 Å². The lowest BCUT2D eigenvalue weighted by molar-refractivity contribution is -0.153. The number of carbonyl (C=O) groups excluding carboxylic acids is 1. The summed E-state index contributed by atoms with van der Waals surface area (Å²) in [5, 5.41) is 29.1. The molecule has 1 fully saturated rings. The van der Waals surface area contributed by atoms with Gasteiger partial charge in [-0.15, -0.1) is 0 Å². The molecule has 0 amide bonds. The number of anilines is 1. The van der Waals surface area contributed by atoms with Gasteiger partial charge in [-0.1, -0.05) is 18.2 Å². The maximum atomic E-state index is 14.0. The minimum absolute atomic E-state index is 0.164. The molecule has 0 bridgehead atoms. The summed E-state index contributed by atoms with van der Waals surface area (Å²) in [6, 6.07) is 11.5. The fourth-order valence-electron chi connectivity index (χ4n) is 4.51. The molecule has 1 saturated heterocycles. The molecule has 0 spiro atoms. The monoisotopic (exact) mass is 590 g/mol. The van der Waals surface area contributed by atoms with Crippen molar-refractivity contribution in [1.29, 1.82) is 0 Å². The number of esters is 1. The third-order valence-electron chi connectivity index (χ3n) is 6.45. The van der Waals surface area contributed by atoms with Gasteiger partial charge >= 0.3 is 13.7 Å². The number of nitrogens with zero attached hydrogens (tertiary/aromatic N) is 4. The molecule has 0 radical (unpaired) electrons. The van der Waals surface area contributed by atoms with Crippen molar-refractivity contribution in [2.24, 2.45) is 4.99 Å². The maximum absolute atomic E-state index is 14.0. The second-order valence-electron chi connectivity index (χ2n) is 10.4. The zero-order valence-electron chi connectivity index (χ0n) is 23.2. The Morgan fingerprint density at radius 2 is 2.00 bits per heavy atom. The van der Waals surface area contributed by atoms with E-state index in [0.29, 0.717) is 11.2 Å². The van der Waals surface area contributed by atoms with E-state index in [4.69, 9.17) is 24.3 Å². The zero-order chi connectivity index (χ0) is 30.0. The van der Waals surface area contributed by atoms with Crippen molar-refractivity contribution < 1.29 is 38.1 Å². The van der Waals surface area contributed by atoms with Crippen LogP contribution in [0.2, 0.25) is 0 Å². The Hall–Kier alpha value is -3.39. The highest BCUT2D eigenvalue weighted by Gasteiger charge is 2.57. The van der Waals surface area contributed by atoms with Crippen LogP contribution in [0.5, 0.6) is 5.75 Å². The first-order chi connectivity index (χ1) is 19.3. The first kappa shape index (κ1) is 30.6. The van der Waals surface area contributed by atoms with E-state index < -0.39 is 55.9 Å². The Morgan fingerprint density at radius 3 is 2.66 bits per heavy atom. The first-order valence-corrected chi connectivity index (χ1v) is 14.4. The maximum Gasteiger partial charge on any atom is 0.459 e. The summed E-state index contributed by atoms with van der Waals surface area (Å²) in [6.07, 6.45) is -3.41. The molecule has 2 aromatic heterocycles. The molecule has 1 aromatic carbocycles. The average Bonchev–Trinajstić information content (AvgIpc) is 3.44. The third kappa shape index (κ3) is 6.27. The van der Waals surface area contributed by atoms with Crippen molar-refractivity contribution in [1.82, 2.24) is 19.7 Å². The molecule has 1 aliphatic rings. The van der Waals surface area contributed by atoms with E-state index in [1.54, 1.807) is 56.3 Å². The molecule has 0 saturated carbocycles. The van der Waals surface area contributed by atoms with Gasteiger partial charge in [0.25, 0.3) is 0 Å². The summed E-state index contributed by atoms with van der Waals surface area (Å²) in [7, 11) is -4.32. The van der Waals surface area contributed by atoms with Crippen LogP contribution in [0.15, 0.2) is 53.8 Å². The average molecular weight is 591 g/mol. The van der Waals surface area contributed by atoms with Crippen LogP contribution in [-0.4, -0.2) is 80.6 Å². The van der Waals surface area contributed by atoms with Crippen LogP contribution in [0, 0.1) is 0 Å². The molecule has 5 atom stereocenters. The fourth-order valence-corrected chi connectivity index (χ4v) is 6.19. The van der Waals surface area contributed by atoms with Gasteiger partial charge in [-0.2, -0.15) is 10.2 Å². The van der Waals surface area contributed by atoms with Gasteiger partial charge in [0, 0.05) is 0 Å². The molecule has 222 valence electrons. The standard InChI is InChI=1S/C26H35N6O8P/c1-16(2)38-24(35)25(3,4)31-41(36,40-17-9-7-6-8-10-17)37-13-19-21(33)22(34)26(39-19,14-28-5)20-12-11-18-23(27)29-15-30-32(18)20/h6-12,15-16,19,21-22,33-34H,5,13-14H2,1-4H3,(H,31,36)(H2,27,29,30)/t19?,21-,22-,26+,41?/m1/s1. The Morgan fingerprint density at radius 1 is 1.29 bits per heavy atom. The Labute approximate surface area is 237 Å². The SMILES string of the molecule is C=NC[C@@]1(c2ccc3c(N)ncnn23)OC(COP(=O)(NC(C)(C)C(=O)OC(C)C)Oc2ccccc2)[C@@H](O)[C@H]1O. The number of nitrogen functional groups attached to an aromatic ring is 1. The largest absolute Gasteiger partial charge is 0.462 e. The van der Waals surface area contributed by atoms with E-state index in [2.05, 4.69) is 26.9 Å². The summed E-state index contributed by atoms with van der Waals surface area (Å²) < 4.78 is 38.4. The summed E-state index contributed by atoms with van der Waals surface area (Å²) in [5.74, 6) is -0.283. The van der Waals surface area contributed by atoms with Crippen LogP contribution in [0.4, 0.5) is 5.82 Å². The predicted octanol–water partition coefficient (Wildman–Crippen LogP) is 1.85. The number of para-hydroxylation sites is 1. The zero-order valence-corrected chi connectivity index (χ0v) is 24.1. The highest BCUT2D eigenvalue weighted by atomic mass is 31.2. The highest BCUT2D eigenvalue weighted by Crippen LogP contribution is 2.48. The number of aliphatic hydroxyl groups excluding tert-OH is 2. The minimum Gasteiger partial charge on any atom is -0.462 e. The lowest BCUT2D eigenvalue weighted by atomic mass is 9.91. The van der Waals surface area contributed by atoms with E-state index in [-0.39, 0.29) is 18.1 Å². The molecule has 0 aliphatic carbocycles. The molecule has 15 heteroatoms. The van der Waals surface area contributed by atoms with Gasteiger partial charge in [0.1, 0.15) is 41.4 Å². The van der Waals surface area contributed by atoms with Gasteiger partial charge in [0.05, 0.1) is 24.9 Å². The first-order valence-electron chi connectivity index (χ1n) is 12.9. The highest BCUT2D eigenvalue weighted by molar-refractivity contribution is 7.52. The van der Waals surface area contributed by atoms with E-state index in [9.17, 15) is 19.6 Å². The van der Waals surface area contributed by atoms with E-state index in [1.807, 2.05) is 0 Å². The quantitative estimate of drug-likeness (QED) is 0.136. The Balaban J connectivity index is 1.62. The smallest absolute Gasteiger partial charge is 0.459 e. The molecule has 3 aromatic rings. The van der Waals surface area contributed by atoms with E-state index >= 15 is 0 Å². The number of nitrogens with two attached hydrogens (primary N) is 1. The molecule has 4 rings (SSSR count). The number of rotatable bonds is 12. The van der Waals surface area contributed by atoms with Crippen LogP contribution in [0.1, 0.15) is 33.4 Å². The van der Waals surface area contributed by atoms with Crippen molar-refractivity contribution in [3.63, 3.8) is 0 Å². The van der Waals surface area contributed by atoms with Gasteiger partial charge in [-0.3, -0.25) is 14.3 Å². The minimum atomic E-state index is -4.32. The second-order valence-corrected chi connectivity index (χ2v) is 12.1. The predicted molar refractivity (Wildman–Crippen MR) is 149 cm³/mol. The second kappa shape index (κ2) is 11.8. The van der Waals surface area contributed by atoms with Crippen LogP contribution in [0.25, 0.3) is 5.52 Å². The molecule has 14 nitrogen and oxygen atoms in total. The number of hydrogen-bond acceptors (Lipinski definition) is 12. The third-order valence-corrected chi connectivity index (χ3v) is 8.23. The van der Waals surface area contributed by atoms with Gasteiger partial charge in [-0.25, -0.2) is 14.1 Å². The number of aliphatic imine (C=N–C) groups is 1.